The zero-order valence-corrected chi connectivity index (χ0v) is 20.9. The maximum atomic E-state index is 13.2. The predicted octanol–water partition coefficient (Wildman–Crippen LogP) is 2.38. The number of Topliss-reactive ketones (excluding diaryl/α,β-unsaturated/α-hetero) is 1. The first kappa shape index (κ1) is 25.1. The van der Waals surface area contributed by atoms with Crippen LogP contribution in [0.15, 0.2) is 24.4 Å². The lowest BCUT2D eigenvalue weighted by molar-refractivity contribution is -0.150. The number of nitrogens with zero attached hydrogens (tertiary/aromatic N) is 4. The molecular weight excluding hydrogens is 478 g/mol. The number of likely N-dealkylation sites (tertiary alicyclic amines) is 1. The zero-order chi connectivity index (χ0) is 25.9. The Bertz CT molecular complexity index is 1200. The number of hydrogen-bond acceptors (Lipinski definition) is 8. The van der Waals surface area contributed by atoms with E-state index in [4.69, 9.17) is 9.47 Å². The maximum Gasteiger partial charge on any atom is 0.328 e. The van der Waals surface area contributed by atoms with Crippen LogP contribution in [-0.4, -0.2) is 69.8 Å². The summed E-state index contributed by atoms with van der Waals surface area (Å²) in [6.07, 6.45) is 6.09. The van der Waals surface area contributed by atoms with Gasteiger partial charge in [0.05, 0.1) is 19.3 Å². The number of hydrogen-bond donors (Lipinski definition) is 1. The van der Waals surface area contributed by atoms with Gasteiger partial charge in [0.15, 0.2) is 5.78 Å². The van der Waals surface area contributed by atoms with E-state index in [0.717, 1.165) is 36.2 Å². The van der Waals surface area contributed by atoms with Crippen molar-refractivity contribution < 1.29 is 28.7 Å². The lowest BCUT2D eigenvalue weighted by atomic mass is 9.97. The van der Waals surface area contributed by atoms with Crippen molar-refractivity contribution in [3.63, 3.8) is 0 Å². The van der Waals surface area contributed by atoms with Gasteiger partial charge in [-0.05, 0) is 49.4 Å². The molecule has 2 fully saturated rings. The van der Waals surface area contributed by atoms with Crippen molar-refractivity contribution in [1.82, 2.24) is 19.9 Å². The molecule has 3 aliphatic rings. The fraction of sp³-hybridized carbons (Fsp3) is 0.538. The fourth-order valence-corrected chi connectivity index (χ4v) is 5.30. The van der Waals surface area contributed by atoms with E-state index in [1.807, 2.05) is 6.20 Å². The van der Waals surface area contributed by atoms with Gasteiger partial charge in [-0.25, -0.2) is 9.48 Å². The number of methoxy groups -OCH3 is 1. The third-order valence-electron chi connectivity index (χ3n) is 7.37. The highest BCUT2D eigenvalue weighted by Gasteiger charge is 2.41. The van der Waals surface area contributed by atoms with Crippen molar-refractivity contribution in [2.24, 2.45) is 0 Å². The predicted molar refractivity (Wildman–Crippen MR) is 131 cm³/mol. The second-order valence-electron chi connectivity index (χ2n) is 9.80. The Balaban J connectivity index is 1.23. The van der Waals surface area contributed by atoms with Crippen molar-refractivity contribution in [2.75, 3.05) is 25.6 Å². The van der Waals surface area contributed by atoms with E-state index in [1.165, 1.54) is 12.0 Å². The summed E-state index contributed by atoms with van der Waals surface area (Å²) in [5.74, 6) is -0.972. The van der Waals surface area contributed by atoms with Crippen LogP contribution >= 0.6 is 0 Å². The SMILES string of the molecule is COC(=O)[C@H]1C[C@@H](n2cc(C3CCCCO3)nn2)CN1C(=O)CCC(=O)c1ccc2c(c1)CCC(=O)N2. The van der Waals surface area contributed by atoms with Gasteiger partial charge in [0.25, 0.3) is 0 Å². The average molecular weight is 510 g/mol. The van der Waals surface area contributed by atoms with Gasteiger partial charge in [0.2, 0.25) is 11.8 Å². The molecule has 2 aromatic rings. The first-order valence-electron chi connectivity index (χ1n) is 12.8. The van der Waals surface area contributed by atoms with Gasteiger partial charge in [-0.2, -0.15) is 0 Å². The molecule has 196 valence electrons. The zero-order valence-electron chi connectivity index (χ0n) is 20.9. The Morgan fingerprint density at radius 2 is 2.05 bits per heavy atom. The number of ketones is 1. The van der Waals surface area contributed by atoms with Crippen molar-refractivity contribution in [2.45, 2.75) is 69.6 Å². The molecule has 0 saturated carbocycles. The Labute approximate surface area is 214 Å². The standard InChI is InChI=1S/C26H31N5O6/c1-36-26(35)21-13-18(31-15-20(28-29-31)23-4-2-3-11-37-23)14-30(21)25(34)10-8-22(32)17-5-7-19-16(12-17)6-9-24(33)27-19/h5,7,12,15,18,21,23H,2-4,6,8-11,13-14H2,1H3,(H,27,33)/t18-,21-,23?/m1/s1. The molecule has 2 amide bonds. The monoisotopic (exact) mass is 509 g/mol. The topological polar surface area (TPSA) is 133 Å². The van der Waals surface area contributed by atoms with Crippen LogP contribution in [0.2, 0.25) is 0 Å². The Hall–Kier alpha value is -3.60. The van der Waals surface area contributed by atoms with Gasteiger partial charge in [-0.15, -0.1) is 5.10 Å². The molecule has 37 heavy (non-hydrogen) atoms. The van der Waals surface area contributed by atoms with Crippen LogP contribution in [0.25, 0.3) is 0 Å². The minimum Gasteiger partial charge on any atom is -0.467 e. The van der Waals surface area contributed by atoms with Gasteiger partial charge in [-0.1, -0.05) is 5.21 Å². The largest absolute Gasteiger partial charge is 0.467 e. The highest BCUT2D eigenvalue weighted by atomic mass is 16.5. The van der Waals surface area contributed by atoms with Gasteiger partial charge in [0, 0.05) is 50.1 Å². The van der Waals surface area contributed by atoms with E-state index in [-0.39, 0.29) is 49.1 Å². The molecule has 1 N–H and O–H groups in total. The summed E-state index contributed by atoms with van der Waals surface area (Å²) in [6, 6.07) is 4.19. The second kappa shape index (κ2) is 10.8. The molecular formula is C26H31N5O6. The molecule has 0 spiro atoms. The fourth-order valence-electron chi connectivity index (χ4n) is 5.30. The lowest BCUT2D eigenvalue weighted by Gasteiger charge is -2.22. The molecule has 3 atom stereocenters. The summed E-state index contributed by atoms with van der Waals surface area (Å²) in [5.41, 5.74) is 2.90. The molecule has 0 bridgehead atoms. The molecule has 11 nitrogen and oxygen atoms in total. The van der Waals surface area contributed by atoms with E-state index in [0.29, 0.717) is 31.4 Å². The number of carbonyl (C=O) groups excluding carboxylic acids is 4. The van der Waals surface area contributed by atoms with Crippen molar-refractivity contribution in [3.05, 3.63) is 41.2 Å². The van der Waals surface area contributed by atoms with Crippen LogP contribution in [0.4, 0.5) is 5.69 Å². The maximum absolute atomic E-state index is 13.2. The van der Waals surface area contributed by atoms with E-state index >= 15 is 0 Å². The molecule has 11 heteroatoms. The number of ether oxygens (including phenoxy) is 2. The minimum absolute atomic E-state index is 0.0194. The molecule has 3 aliphatic heterocycles. The molecule has 1 unspecified atom stereocenters. The number of esters is 1. The molecule has 1 aromatic carbocycles. The van der Waals surface area contributed by atoms with Gasteiger partial charge < -0.3 is 19.7 Å². The summed E-state index contributed by atoms with van der Waals surface area (Å²) in [6.45, 7) is 0.980. The number of nitrogens with one attached hydrogen (secondary N) is 1. The number of fused-ring (bicyclic) bond motifs is 1. The highest BCUT2D eigenvalue weighted by molar-refractivity contribution is 6.00. The average Bonchev–Trinajstić information content (AvgIpc) is 3.59. The number of rotatable bonds is 7. The first-order valence-corrected chi connectivity index (χ1v) is 12.8. The Morgan fingerprint density at radius 1 is 1.19 bits per heavy atom. The first-order chi connectivity index (χ1) is 17.9. The normalized spacial score (nSPS) is 23.3. The summed E-state index contributed by atoms with van der Waals surface area (Å²) >= 11 is 0. The summed E-state index contributed by atoms with van der Waals surface area (Å²) in [7, 11) is 1.30. The summed E-state index contributed by atoms with van der Waals surface area (Å²) in [5, 5.41) is 11.3. The second-order valence-corrected chi connectivity index (χ2v) is 9.80. The molecule has 0 aliphatic carbocycles. The summed E-state index contributed by atoms with van der Waals surface area (Å²) in [4.78, 5) is 51.6. The highest BCUT2D eigenvalue weighted by Crippen LogP contribution is 2.31. The van der Waals surface area contributed by atoms with Crippen LogP contribution in [0.1, 0.15) is 78.7 Å². The van der Waals surface area contributed by atoms with Crippen molar-refractivity contribution in [1.29, 1.82) is 0 Å². The quantitative estimate of drug-likeness (QED) is 0.444. The molecule has 2 saturated heterocycles. The van der Waals surface area contributed by atoms with E-state index in [1.54, 1.807) is 22.9 Å². The third kappa shape index (κ3) is 5.41. The number of benzene rings is 1. The van der Waals surface area contributed by atoms with Gasteiger partial charge in [0.1, 0.15) is 17.8 Å². The van der Waals surface area contributed by atoms with E-state index in [9.17, 15) is 19.2 Å². The minimum atomic E-state index is -0.747. The van der Waals surface area contributed by atoms with Crippen LogP contribution in [0.5, 0.6) is 0 Å². The van der Waals surface area contributed by atoms with Crippen molar-refractivity contribution in [3.8, 4) is 0 Å². The van der Waals surface area contributed by atoms with Gasteiger partial charge in [-0.3, -0.25) is 14.4 Å². The van der Waals surface area contributed by atoms with E-state index < -0.39 is 12.0 Å². The van der Waals surface area contributed by atoms with E-state index in [2.05, 4.69) is 15.6 Å². The van der Waals surface area contributed by atoms with Crippen molar-refractivity contribution >= 4 is 29.3 Å². The van der Waals surface area contributed by atoms with Crippen LogP contribution < -0.4 is 5.32 Å². The summed E-state index contributed by atoms with van der Waals surface area (Å²) < 4.78 is 12.5. The Morgan fingerprint density at radius 3 is 2.84 bits per heavy atom. The number of aromatic nitrogens is 3. The van der Waals surface area contributed by atoms with Crippen LogP contribution in [-0.2, 0) is 30.3 Å². The Kier molecular flexibility index (Phi) is 7.31. The number of aryl methyl sites for hydroxylation is 1. The smallest absolute Gasteiger partial charge is 0.328 e. The lowest BCUT2D eigenvalue weighted by Crippen LogP contribution is -2.41. The molecule has 4 heterocycles. The molecule has 0 radical (unpaired) electrons. The van der Waals surface area contributed by atoms with Gasteiger partial charge >= 0.3 is 5.97 Å². The molecule has 1 aromatic heterocycles. The number of anilines is 1. The van der Waals surface area contributed by atoms with Crippen LogP contribution in [0, 0.1) is 0 Å². The number of amides is 2. The number of carbonyl (C=O) groups is 4. The third-order valence-corrected chi connectivity index (χ3v) is 7.37. The van der Waals surface area contributed by atoms with Crippen LogP contribution in [0.3, 0.4) is 0 Å². The molecule has 5 rings (SSSR count).